The second kappa shape index (κ2) is 5.54. The molecule has 1 aromatic carbocycles. The van der Waals surface area contributed by atoms with E-state index in [9.17, 15) is 5.11 Å². The molecule has 2 rings (SSSR count). The van der Waals surface area contributed by atoms with Crippen LogP contribution in [0, 0.1) is 5.92 Å². The number of hydrogen-bond donors (Lipinski definition) is 1. The molecule has 0 aliphatic carbocycles. The maximum absolute atomic E-state index is 9.61. The van der Waals surface area contributed by atoms with Crippen LogP contribution in [0.25, 0.3) is 0 Å². The monoisotopic (exact) mass is 233 g/mol. The van der Waals surface area contributed by atoms with Crippen LogP contribution in [0.1, 0.15) is 37.7 Å². The second-order valence-corrected chi connectivity index (χ2v) is 5.30. The third-order valence-corrected chi connectivity index (χ3v) is 3.89. The topological polar surface area (TPSA) is 23.5 Å². The summed E-state index contributed by atoms with van der Waals surface area (Å²) in [5, 5.41) is 9.61. The molecular weight excluding hydrogens is 210 g/mol. The lowest BCUT2D eigenvalue weighted by Gasteiger charge is -2.23. The predicted octanol–water partition coefficient (Wildman–Crippen LogP) is 3.23. The van der Waals surface area contributed by atoms with Gasteiger partial charge in [-0.25, -0.2) is 0 Å². The van der Waals surface area contributed by atoms with Gasteiger partial charge in [-0.2, -0.15) is 0 Å². The third-order valence-electron chi connectivity index (χ3n) is 3.89. The first kappa shape index (κ1) is 12.4. The molecular formula is C15H23NO. The predicted molar refractivity (Wildman–Crippen MR) is 71.4 cm³/mol. The highest BCUT2D eigenvalue weighted by Gasteiger charge is 2.28. The van der Waals surface area contributed by atoms with Crippen molar-refractivity contribution < 1.29 is 5.11 Å². The summed E-state index contributed by atoms with van der Waals surface area (Å²) in [6.07, 6.45) is 3.72. The van der Waals surface area contributed by atoms with Crippen molar-refractivity contribution in [3.63, 3.8) is 0 Å². The fourth-order valence-electron chi connectivity index (χ4n) is 3.04. The molecule has 1 N–H and O–H groups in total. The van der Waals surface area contributed by atoms with Crippen LogP contribution in [-0.2, 0) is 0 Å². The molecule has 0 spiro atoms. The summed E-state index contributed by atoms with van der Waals surface area (Å²) >= 11 is 0. The molecule has 1 aromatic rings. The van der Waals surface area contributed by atoms with Crippen LogP contribution in [0.2, 0.25) is 0 Å². The molecule has 0 aromatic heterocycles. The molecule has 94 valence electrons. The van der Waals surface area contributed by atoms with E-state index in [4.69, 9.17) is 0 Å². The normalized spacial score (nSPS) is 22.8. The van der Waals surface area contributed by atoms with Crippen molar-refractivity contribution in [2.24, 2.45) is 5.92 Å². The van der Waals surface area contributed by atoms with Gasteiger partial charge in [0.2, 0.25) is 0 Å². The van der Waals surface area contributed by atoms with Gasteiger partial charge < -0.3 is 10.0 Å². The molecule has 17 heavy (non-hydrogen) atoms. The Balaban J connectivity index is 2.16. The van der Waals surface area contributed by atoms with Gasteiger partial charge in [0.05, 0.1) is 0 Å². The Morgan fingerprint density at radius 1 is 1.47 bits per heavy atom. The molecule has 0 radical (unpaired) electrons. The quantitative estimate of drug-likeness (QED) is 0.863. The van der Waals surface area contributed by atoms with Gasteiger partial charge in [0.25, 0.3) is 0 Å². The molecule has 2 heteroatoms. The highest BCUT2D eigenvalue weighted by atomic mass is 16.3. The van der Waals surface area contributed by atoms with Gasteiger partial charge in [-0.3, -0.25) is 0 Å². The zero-order chi connectivity index (χ0) is 12.3. The number of hydrogen-bond acceptors (Lipinski definition) is 2. The van der Waals surface area contributed by atoms with Crippen molar-refractivity contribution in [2.75, 3.05) is 20.1 Å². The number of rotatable bonds is 4. The first-order chi connectivity index (χ1) is 8.20. The maximum atomic E-state index is 9.61. The van der Waals surface area contributed by atoms with Crippen LogP contribution >= 0.6 is 0 Å². The van der Waals surface area contributed by atoms with Gasteiger partial charge in [-0.1, -0.05) is 25.5 Å². The minimum atomic E-state index is 0.398. The first-order valence-electron chi connectivity index (χ1n) is 6.68. The van der Waals surface area contributed by atoms with Crippen molar-refractivity contribution in [3.8, 4) is 5.75 Å². The van der Waals surface area contributed by atoms with Crippen LogP contribution in [-0.4, -0.2) is 30.1 Å². The molecule has 0 bridgehead atoms. The van der Waals surface area contributed by atoms with E-state index >= 15 is 0 Å². The lowest BCUT2D eigenvalue weighted by Crippen LogP contribution is -2.18. The van der Waals surface area contributed by atoms with Crippen LogP contribution < -0.4 is 0 Å². The molecule has 0 saturated carbocycles. The highest BCUT2D eigenvalue weighted by molar-refractivity contribution is 5.30. The molecule has 0 unspecified atom stereocenters. The minimum absolute atomic E-state index is 0.398. The molecule has 1 aliphatic rings. The molecule has 1 heterocycles. The maximum Gasteiger partial charge on any atom is 0.115 e. The fraction of sp³-hybridized carbons (Fsp3) is 0.600. The number of phenols is 1. The number of likely N-dealkylation sites (tertiary alicyclic amines) is 1. The summed E-state index contributed by atoms with van der Waals surface area (Å²) < 4.78 is 0. The summed E-state index contributed by atoms with van der Waals surface area (Å²) in [6, 6.07) is 7.83. The summed E-state index contributed by atoms with van der Waals surface area (Å²) in [5.41, 5.74) is 1.31. The molecule has 1 fully saturated rings. The molecule has 0 amide bonds. The van der Waals surface area contributed by atoms with E-state index < -0.39 is 0 Å². The second-order valence-electron chi connectivity index (χ2n) is 5.30. The molecule has 1 saturated heterocycles. The largest absolute Gasteiger partial charge is 0.508 e. The van der Waals surface area contributed by atoms with Crippen LogP contribution in [0.4, 0.5) is 0 Å². The Kier molecular flexibility index (Phi) is 4.06. The Hall–Kier alpha value is -1.02. The smallest absolute Gasteiger partial charge is 0.115 e. The average Bonchev–Trinajstić information content (AvgIpc) is 2.72. The van der Waals surface area contributed by atoms with E-state index in [1.165, 1.54) is 37.9 Å². The van der Waals surface area contributed by atoms with Crippen LogP contribution in [0.15, 0.2) is 24.3 Å². The Labute approximate surface area is 104 Å². The van der Waals surface area contributed by atoms with Crippen molar-refractivity contribution in [1.82, 2.24) is 4.90 Å². The van der Waals surface area contributed by atoms with Crippen molar-refractivity contribution in [2.45, 2.75) is 32.1 Å². The van der Waals surface area contributed by atoms with Crippen molar-refractivity contribution >= 4 is 0 Å². The molecule has 2 nitrogen and oxygen atoms in total. The number of benzene rings is 1. The third kappa shape index (κ3) is 3.01. The van der Waals surface area contributed by atoms with Gasteiger partial charge in [-0.15, -0.1) is 0 Å². The highest BCUT2D eigenvalue weighted by Crippen LogP contribution is 2.36. The SMILES string of the molecule is CCC[C@@H](c1cccc(O)c1)[C@@H]1CCN(C)C1. The Bertz CT molecular complexity index is 364. The van der Waals surface area contributed by atoms with Crippen molar-refractivity contribution in [1.29, 1.82) is 0 Å². The van der Waals surface area contributed by atoms with Crippen molar-refractivity contribution in [3.05, 3.63) is 29.8 Å². The summed E-state index contributed by atoms with van der Waals surface area (Å²) in [4.78, 5) is 2.41. The van der Waals surface area contributed by atoms with Gasteiger partial charge in [0, 0.05) is 6.54 Å². The zero-order valence-electron chi connectivity index (χ0n) is 10.9. The lowest BCUT2D eigenvalue weighted by atomic mass is 9.82. The fourth-order valence-corrected chi connectivity index (χ4v) is 3.04. The minimum Gasteiger partial charge on any atom is -0.508 e. The van der Waals surface area contributed by atoms with Crippen LogP contribution in [0.5, 0.6) is 5.75 Å². The van der Waals surface area contributed by atoms with E-state index in [1.807, 2.05) is 12.1 Å². The summed E-state index contributed by atoms with van der Waals surface area (Å²) in [5.74, 6) is 1.76. The number of nitrogens with zero attached hydrogens (tertiary/aromatic N) is 1. The number of phenolic OH excluding ortho intramolecular Hbond substituents is 1. The van der Waals surface area contributed by atoms with E-state index in [0.717, 1.165) is 5.92 Å². The zero-order valence-corrected chi connectivity index (χ0v) is 10.9. The molecule has 1 aliphatic heterocycles. The summed E-state index contributed by atoms with van der Waals surface area (Å²) in [7, 11) is 2.20. The van der Waals surface area contributed by atoms with E-state index in [0.29, 0.717) is 11.7 Å². The van der Waals surface area contributed by atoms with Gasteiger partial charge >= 0.3 is 0 Å². The average molecular weight is 233 g/mol. The lowest BCUT2D eigenvalue weighted by molar-refractivity contribution is 0.359. The van der Waals surface area contributed by atoms with Gasteiger partial charge in [0.1, 0.15) is 5.75 Å². The first-order valence-corrected chi connectivity index (χ1v) is 6.68. The Morgan fingerprint density at radius 2 is 2.29 bits per heavy atom. The summed E-state index contributed by atoms with van der Waals surface area (Å²) in [6.45, 7) is 4.65. The van der Waals surface area contributed by atoms with Gasteiger partial charge in [-0.05, 0) is 56.0 Å². The van der Waals surface area contributed by atoms with E-state index in [-0.39, 0.29) is 0 Å². The standard InChI is InChI=1S/C15H23NO/c1-3-5-15(13-8-9-16(2)11-13)12-6-4-7-14(17)10-12/h4,6-7,10,13,15,17H,3,5,8-9,11H2,1-2H3/t13-,15+/m1/s1. The van der Waals surface area contributed by atoms with Crippen LogP contribution in [0.3, 0.4) is 0 Å². The molecule has 2 atom stereocenters. The van der Waals surface area contributed by atoms with Gasteiger partial charge in [0.15, 0.2) is 0 Å². The van der Waals surface area contributed by atoms with E-state index in [2.05, 4.69) is 24.9 Å². The number of aromatic hydroxyl groups is 1. The Morgan fingerprint density at radius 3 is 2.88 bits per heavy atom. The van der Waals surface area contributed by atoms with E-state index in [1.54, 1.807) is 6.07 Å².